The zero-order valence-corrected chi connectivity index (χ0v) is 12.8. The number of para-hydroxylation sites is 1. The first-order valence-electron chi connectivity index (χ1n) is 7.84. The van der Waals surface area contributed by atoms with Crippen molar-refractivity contribution in [1.29, 1.82) is 0 Å². The Morgan fingerprint density at radius 1 is 1.24 bits per heavy atom. The van der Waals surface area contributed by atoms with E-state index < -0.39 is 5.60 Å². The van der Waals surface area contributed by atoms with Crippen LogP contribution in [0.25, 0.3) is 0 Å². The Bertz CT molecular complexity index is 441. The summed E-state index contributed by atoms with van der Waals surface area (Å²) in [6.45, 7) is 1.36. The van der Waals surface area contributed by atoms with Gasteiger partial charge in [-0.15, -0.1) is 0 Å². The molecule has 0 heterocycles. The van der Waals surface area contributed by atoms with E-state index in [0.717, 1.165) is 37.9 Å². The van der Waals surface area contributed by atoms with E-state index in [2.05, 4.69) is 10.2 Å². The van der Waals surface area contributed by atoms with Gasteiger partial charge in [-0.3, -0.25) is 4.79 Å². The molecule has 0 unspecified atom stereocenters. The molecule has 2 N–H and O–H groups in total. The maximum Gasteiger partial charge on any atom is 0.222 e. The van der Waals surface area contributed by atoms with Gasteiger partial charge in [0.2, 0.25) is 5.91 Å². The summed E-state index contributed by atoms with van der Waals surface area (Å²) in [6, 6.07) is 10.1. The van der Waals surface area contributed by atoms with Crippen LogP contribution in [0.2, 0.25) is 0 Å². The van der Waals surface area contributed by atoms with Gasteiger partial charge in [0, 0.05) is 25.8 Å². The molecule has 2 rings (SSSR count). The van der Waals surface area contributed by atoms with E-state index in [1.54, 1.807) is 0 Å². The predicted octanol–water partition coefficient (Wildman–Crippen LogP) is 2.32. The highest BCUT2D eigenvalue weighted by Gasteiger charge is 2.31. The second kappa shape index (κ2) is 7.46. The number of nitrogens with one attached hydrogen (secondary N) is 1. The van der Waals surface area contributed by atoms with Crippen molar-refractivity contribution in [1.82, 2.24) is 5.32 Å². The number of nitrogens with zero attached hydrogens (tertiary/aromatic N) is 1. The van der Waals surface area contributed by atoms with Gasteiger partial charge in [-0.05, 0) is 25.0 Å². The van der Waals surface area contributed by atoms with Crippen molar-refractivity contribution >= 4 is 11.6 Å². The largest absolute Gasteiger partial charge is 0.389 e. The number of hydrogen-bond acceptors (Lipinski definition) is 3. The third kappa shape index (κ3) is 5.05. The van der Waals surface area contributed by atoms with E-state index in [4.69, 9.17) is 0 Å². The van der Waals surface area contributed by atoms with E-state index in [1.807, 2.05) is 37.4 Å². The van der Waals surface area contributed by atoms with Crippen LogP contribution in [-0.2, 0) is 4.79 Å². The first-order chi connectivity index (χ1) is 10.1. The number of benzene rings is 1. The Morgan fingerprint density at radius 2 is 1.90 bits per heavy atom. The molecule has 0 radical (unpaired) electrons. The van der Waals surface area contributed by atoms with Crippen LogP contribution in [0.4, 0.5) is 5.69 Å². The zero-order chi connectivity index (χ0) is 15.1. The normalized spacial score (nSPS) is 17.2. The zero-order valence-electron chi connectivity index (χ0n) is 12.8. The molecular formula is C17H26N2O2. The summed E-state index contributed by atoms with van der Waals surface area (Å²) in [7, 11) is 2.01. The topological polar surface area (TPSA) is 52.6 Å². The smallest absolute Gasteiger partial charge is 0.222 e. The minimum Gasteiger partial charge on any atom is -0.389 e. The fourth-order valence-electron chi connectivity index (χ4n) is 2.92. The van der Waals surface area contributed by atoms with Crippen molar-refractivity contribution in [3.05, 3.63) is 30.3 Å². The molecule has 1 amide bonds. The summed E-state index contributed by atoms with van der Waals surface area (Å²) < 4.78 is 0. The molecule has 4 heteroatoms. The van der Waals surface area contributed by atoms with Crippen molar-refractivity contribution in [2.45, 2.75) is 44.1 Å². The number of likely N-dealkylation sites (N-methyl/N-ethyl adjacent to an activating group) is 1. The lowest BCUT2D eigenvalue weighted by atomic mass is 9.82. The second-order valence-electron chi connectivity index (χ2n) is 6.07. The van der Waals surface area contributed by atoms with Crippen LogP contribution in [0, 0.1) is 0 Å². The molecule has 1 aromatic carbocycles. The van der Waals surface area contributed by atoms with E-state index in [0.29, 0.717) is 6.54 Å². The maximum atomic E-state index is 11.9. The van der Waals surface area contributed by atoms with Gasteiger partial charge >= 0.3 is 0 Å². The molecule has 0 bridgehead atoms. The Morgan fingerprint density at radius 3 is 2.57 bits per heavy atom. The molecule has 1 aromatic rings. The first kappa shape index (κ1) is 15.8. The van der Waals surface area contributed by atoms with Gasteiger partial charge in [0.1, 0.15) is 0 Å². The molecular weight excluding hydrogens is 264 g/mol. The highest BCUT2D eigenvalue weighted by atomic mass is 16.3. The van der Waals surface area contributed by atoms with Gasteiger partial charge in [0.05, 0.1) is 12.0 Å². The highest BCUT2D eigenvalue weighted by molar-refractivity contribution is 5.77. The van der Waals surface area contributed by atoms with E-state index in [-0.39, 0.29) is 12.3 Å². The number of rotatable bonds is 6. The lowest BCUT2D eigenvalue weighted by Crippen LogP contribution is -2.40. The lowest BCUT2D eigenvalue weighted by molar-refractivity contribution is -0.127. The number of amides is 1. The third-order valence-electron chi connectivity index (χ3n) is 4.24. The summed E-state index contributed by atoms with van der Waals surface area (Å²) in [5.74, 6) is -0.0409. The van der Waals surface area contributed by atoms with E-state index in [9.17, 15) is 9.90 Å². The van der Waals surface area contributed by atoms with Gasteiger partial charge < -0.3 is 15.3 Å². The molecule has 0 atom stereocenters. The van der Waals surface area contributed by atoms with Crippen molar-refractivity contribution < 1.29 is 9.90 Å². The number of aliphatic hydroxyl groups is 1. The Balaban J connectivity index is 1.69. The van der Waals surface area contributed by atoms with Gasteiger partial charge in [-0.1, -0.05) is 37.5 Å². The summed E-state index contributed by atoms with van der Waals surface area (Å²) in [4.78, 5) is 14.1. The van der Waals surface area contributed by atoms with E-state index >= 15 is 0 Å². The molecule has 0 aliphatic heterocycles. The number of anilines is 1. The van der Waals surface area contributed by atoms with Gasteiger partial charge in [-0.2, -0.15) is 0 Å². The number of carbonyl (C=O) groups excluding carboxylic acids is 1. The minimum absolute atomic E-state index is 0.0409. The molecule has 1 saturated carbocycles. The summed E-state index contributed by atoms with van der Waals surface area (Å²) in [5.41, 5.74) is 0.367. The van der Waals surface area contributed by atoms with Crippen LogP contribution in [-0.4, -0.2) is 36.8 Å². The standard InChI is InChI=1S/C17H26N2O2/c1-19(15-8-4-2-5-9-15)13-12-18-16(20)14-17(21)10-6-3-7-11-17/h2,4-5,8-9,21H,3,6-7,10-14H2,1H3,(H,18,20). The monoisotopic (exact) mass is 290 g/mol. The van der Waals surface area contributed by atoms with Crippen LogP contribution in [0.5, 0.6) is 0 Å². The Labute approximate surface area is 127 Å². The molecule has 0 spiro atoms. The summed E-state index contributed by atoms with van der Waals surface area (Å²) in [5, 5.41) is 13.3. The van der Waals surface area contributed by atoms with Crippen LogP contribution >= 0.6 is 0 Å². The van der Waals surface area contributed by atoms with E-state index in [1.165, 1.54) is 6.42 Å². The Kier molecular flexibility index (Phi) is 5.62. The fraction of sp³-hybridized carbons (Fsp3) is 0.588. The molecule has 116 valence electrons. The SMILES string of the molecule is CN(CCNC(=O)CC1(O)CCCCC1)c1ccccc1. The Hall–Kier alpha value is -1.55. The van der Waals surface area contributed by atoms with Crippen LogP contribution in [0.3, 0.4) is 0 Å². The van der Waals surface area contributed by atoms with Crippen molar-refractivity contribution in [2.75, 3.05) is 25.0 Å². The second-order valence-corrected chi connectivity index (χ2v) is 6.07. The average Bonchev–Trinajstić information content (AvgIpc) is 2.48. The van der Waals surface area contributed by atoms with Gasteiger partial charge in [-0.25, -0.2) is 0 Å². The van der Waals surface area contributed by atoms with Crippen molar-refractivity contribution in [3.8, 4) is 0 Å². The highest BCUT2D eigenvalue weighted by Crippen LogP contribution is 2.30. The maximum absolute atomic E-state index is 11.9. The third-order valence-corrected chi connectivity index (χ3v) is 4.24. The summed E-state index contributed by atoms with van der Waals surface area (Å²) >= 11 is 0. The average molecular weight is 290 g/mol. The molecule has 1 aliphatic carbocycles. The van der Waals surface area contributed by atoms with Crippen molar-refractivity contribution in [3.63, 3.8) is 0 Å². The minimum atomic E-state index is -0.770. The van der Waals surface area contributed by atoms with Gasteiger partial charge in [0.25, 0.3) is 0 Å². The number of carbonyl (C=O) groups is 1. The molecule has 0 aromatic heterocycles. The lowest BCUT2D eigenvalue weighted by Gasteiger charge is -2.31. The molecule has 4 nitrogen and oxygen atoms in total. The molecule has 1 fully saturated rings. The van der Waals surface area contributed by atoms with Crippen LogP contribution < -0.4 is 10.2 Å². The van der Waals surface area contributed by atoms with Crippen LogP contribution in [0.15, 0.2) is 30.3 Å². The summed E-state index contributed by atoms with van der Waals surface area (Å²) in [6.07, 6.45) is 4.98. The fourth-order valence-corrected chi connectivity index (χ4v) is 2.92. The molecule has 0 saturated heterocycles. The van der Waals surface area contributed by atoms with Gasteiger partial charge in [0.15, 0.2) is 0 Å². The molecule has 1 aliphatic rings. The van der Waals surface area contributed by atoms with Crippen molar-refractivity contribution in [2.24, 2.45) is 0 Å². The predicted molar refractivity (Wildman–Crippen MR) is 85.4 cm³/mol. The molecule has 21 heavy (non-hydrogen) atoms. The quantitative estimate of drug-likeness (QED) is 0.845. The number of hydrogen-bond donors (Lipinski definition) is 2. The first-order valence-corrected chi connectivity index (χ1v) is 7.84. The van der Waals surface area contributed by atoms with Crippen LogP contribution in [0.1, 0.15) is 38.5 Å².